The number of unbranched alkanes of at least 4 members (excludes halogenated alkanes) is 49. The molecule has 0 aromatic rings. The molecule has 0 amide bonds. The van der Waals surface area contributed by atoms with Crippen molar-refractivity contribution < 1.29 is 80.2 Å². The van der Waals surface area contributed by atoms with Crippen LogP contribution >= 0.6 is 15.6 Å². The van der Waals surface area contributed by atoms with Crippen LogP contribution in [0.3, 0.4) is 0 Å². The van der Waals surface area contributed by atoms with Crippen LogP contribution in [-0.4, -0.2) is 96.7 Å². The third-order valence-corrected chi connectivity index (χ3v) is 21.2. The van der Waals surface area contributed by atoms with Crippen molar-refractivity contribution in [1.29, 1.82) is 0 Å². The lowest BCUT2D eigenvalue weighted by atomic mass is 10.00. The van der Waals surface area contributed by atoms with Crippen molar-refractivity contribution in [1.82, 2.24) is 0 Å². The lowest BCUT2D eigenvalue weighted by Crippen LogP contribution is -2.30. The molecule has 0 aliphatic rings. The van der Waals surface area contributed by atoms with Crippen LogP contribution in [0.25, 0.3) is 0 Å². The summed E-state index contributed by atoms with van der Waals surface area (Å²) in [5, 5.41) is 10.6. The summed E-state index contributed by atoms with van der Waals surface area (Å²) in [6.45, 7) is 9.61. The molecule has 0 spiro atoms. The molecule has 0 aliphatic carbocycles. The summed E-state index contributed by atoms with van der Waals surface area (Å²) in [5.74, 6) is -0.597. The van der Waals surface area contributed by atoms with Crippen LogP contribution < -0.4 is 0 Å². The Kier molecular flexibility index (Phi) is 71.2. The van der Waals surface area contributed by atoms with Gasteiger partial charge in [0, 0.05) is 25.7 Å². The lowest BCUT2D eigenvalue weighted by molar-refractivity contribution is -0.161. The Hall–Kier alpha value is -1.94. The molecule has 0 radical (unpaired) electrons. The molecular weight excluding hydrogens is 1310 g/mol. The Labute approximate surface area is 613 Å². The van der Waals surface area contributed by atoms with E-state index in [9.17, 15) is 43.2 Å². The monoisotopic (exact) mass is 1470 g/mol. The minimum Gasteiger partial charge on any atom is -0.462 e. The number of hydrogen-bond donors (Lipinski definition) is 3. The average molecular weight is 1470 g/mol. The fourth-order valence-electron chi connectivity index (χ4n) is 12.5. The summed E-state index contributed by atoms with van der Waals surface area (Å²) in [7, 11) is -9.92. The van der Waals surface area contributed by atoms with Gasteiger partial charge < -0.3 is 33.8 Å². The van der Waals surface area contributed by atoms with Crippen LogP contribution in [0.1, 0.15) is 427 Å². The van der Waals surface area contributed by atoms with Gasteiger partial charge in [-0.2, -0.15) is 0 Å². The maximum absolute atomic E-state index is 13.1. The van der Waals surface area contributed by atoms with Crippen LogP contribution in [-0.2, 0) is 65.4 Å². The number of aliphatic hydroxyl groups excluding tert-OH is 1. The first-order valence-corrected chi connectivity index (χ1v) is 45.0. The highest BCUT2D eigenvalue weighted by Crippen LogP contribution is 2.45. The van der Waals surface area contributed by atoms with Crippen LogP contribution in [0, 0.1) is 11.8 Å². The molecule has 0 heterocycles. The summed E-state index contributed by atoms with van der Waals surface area (Å²) in [4.78, 5) is 73.0. The Morgan fingerprint density at radius 1 is 0.290 bits per heavy atom. The maximum Gasteiger partial charge on any atom is 0.472 e. The van der Waals surface area contributed by atoms with Crippen LogP contribution in [0.2, 0.25) is 0 Å². The second-order valence-corrected chi connectivity index (χ2v) is 32.8. The van der Waals surface area contributed by atoms with Crippen molar-refractivity contribution in [2.75, 3.05) is 39.6 Å². The van der Waals surface area contributed by atoms with Gasteiger partial charge in [-0.1, -0.05) is 375 Å². The van der Waals surface area contributed by atoms with Gasteiger partial charge in [-0.3, -0.25) is 37.3 Å². The highest BCUT2D eigenvalue weighted by Gasteiger charge is 2.30. The van der Waals surface area contributed by atoms with E-state index in [4.69, 9.17) is 37.0 Å². The molecule has 0 saturated heterocycles. The number of esters is 4. The number of carbonyl (C=O) groups is 4. The van der Waals surface area contributed by atoms with Crippen molar-refractivity contribution in [2.24, 2.45) is 11.8 Å². The Morgan fingerprint density at radius 2 is 0.510 bits per heavy atom. The van der Waals surface area contributed by atoms with E-state index in [0.29, 0.717) is 25.7 Å². The molecule has 0 saturated carbocycles. The molecule has 3 N–H and O–H groups in total. The van der Waals surface area contributed by atoms with E-state index in [1.165, 1.54) is 238 Å². The van der Waals surface area contributed by atoms with Gasteiger partial charge in [0.05, 0.1) is 26.4 Å². The van der Waals surface area contributed by atoms with Gasteiger partial charge >= 0.3 is 39.5 Å². The highest BCUT2D eigenvalue weighted by molar-refractivity contribution is 7.47. The molecule has 0 fully saturated rings. The highest BCUT2D eigenvalue weighted by atomic mass is 31.2. The first-order chi connectivity index (χ1) is 48.4. The van der Waals surface area contributed by atoms with Crippen molar-refractivity contribution in [3.05, 3.63) is 0 Å². The molecule has 3 unspecified atom stereocenters. The average Bonchev–Trinajstić information content (AvgIpc) is 0.947. The number of phosphoric acid groups is 2. The Morgan fingerprint density at radius 3 is 0.760 bits per heavy atom. The summed E-state index contributed by atoms with van der Waals surface area (Å²) < 4.78 is 68.7. The fourth-order valence-corrected chi connectivity index (χ4v) is 14.1. The summed E-state index contributed by atoms with van der Waals surface area (Å²) in [6, 6.07) is 0. The largest absolute Gasteiger partial charge is 0.472 e. The number of phosphoric ester groups is 2. The molecule has 0 bridgehead atoms. The van der Waals surface area contributed by atoms with Gasteiger partial charge in [-0.25, -0.2) is 9.13 Å². The smallest absolute Gasteiger partial charge is 0.462 e. The lowest BCUT2D eigenvalue weighted by Gasteiger charge is -2.21. The molecule has 594 valence electrons. The van der Waals surface area contributed by atoms with Crippen molar-refractivity contribution in [2.45, 2.75) is 445 Å². The van der Waals surface area contributed by atoms with Gasteiger partial charge in [-0.15, -0.1) is 0 Å². The zero-order valence-corrected chi connectivity index (χ0v) is 67.3. The van der Waals surface area contributed by atoms with E-state index in [1.807, 2.05) is 0 Å². The zero-order chi connectivity index (χ0) is 73.5. The second kappa shape index (κ2) is 72.6. The predicted octanol–water partition coefficient (Wildman–Crippen LogP) is 24.3. The minimum atomic E-state index is -4.96. The van der Waals surface area contributed by atoms with E-state index in [2.05, 4.69) is 41.5 Å². The second-order valence-electron chi connectivity index (χ2n) is 29.9. The van der Waals surface area contributed by atoms with Crippen molar-refractivity contribution in [3.8, 4) is 0 Å². The van der Waals surface area contributed by atoms with Gasteiger partial charge in [-0.05, 0) is 37.5 Å². The molecule has 0 aliphatic heterocycles. The molecule has 19 heteroatoms. The van der Waals surface area contributed by atoms with Gasteiger partial charge in [0.1, 0.15) is 19.3 Å². The van der Waals surface area contributed by atoms with E-state index >= 15 is 0 Å². The standard InChI is InChI=1S/C81H158O17P2/c1-7-10-12-14-16-18-20-22-24-25-26-27-28-29-30-32-38-42-46-54-60-66-80(85)97-76(69-91-78(83)63-57-51-44-40-36-34-33-35-39-43-49-55-61-73(4)5)71-95-99(87,88)93-67-75(82)68-94-100(89,90)96-72-77(70-92-79(84)64-58-52-48-47-50-56-62-74(6)9-3)98-81(86)65-59-53-45-41-37-31-23-21-19-17-15-13-11-8-2/h73-77,82H,7-72H2,1-6H3,(H,87,88)(H,89,90)/t74?,75-,76-,77-/m1/s1. The third-order valence-electron chi connectivity index (χ3n) is 19.3. The van der Waals surface area contributed by atoms with E-state index in [-0.39, 0.29) is 25.7 Å². The van der Waals surface area contributed by atoms with Crippen molar-refractivity contribution in [3.63, 3.8) is 0 Å². The molecule has 0 aromatic carbocycles. The fraction of sp³-hybridized carbons (Fsp3) is 0.951. The van der Waals surface area contributed by atoms with Gasteiger partial charge in [0.15, 0.2) is 12.2 Å². The maximum atomic E-state index is 13.1. The number of hydrogen-bond acceptors (Lipinski definition) is 15. The number of aliphatic hydroxyl groups is 1. The molecule has 0 rings (SSSR count). The predicted molar refractivity (Wildman–Crippen MR) is 409 cm³/mol. The van der Waals surface area contributed by atoms with Crippen LogP contribution in [0.4, 0.5) is 0 Å². The normalized spacial score (nSPS) is 14.2. The van der Waals surface area contributed by atoms with E-state index in [0.717, 1.165) is 108 Å². The van der Waals surface area contributed by atoms with Gasteiger partial charge in [0.25, 0.3) is 0 Å². The molecule has 100 heavy (non-hydrogen) atoms. The molecule has 6 atom stereocenters. The Bertz CT molecular complexity index is 1930. The van der Waals surface area contributed by atoms with E-state index in [1.54, 1.807) is 0 Å². The summed E-state index contributed by atoms with van der Waals surface area (Å²) in [6.07, 6.45) is 62.5. The Balaban J connectivity index is 5.22. The van der Waals surface area contributed by atoms with Crippen molar-refractivity contribution >= 4 is 39.5 Å². The minimum absolute atomic E-state index is 0.107. The number of carbonyl (C=O) groups excluding carboxylic acids is 4. The quantitative estimate of drug-likeness (QED) is 0.0222. The first-order valence-electron chi connectivity index (χ1n) is 42.0. The zero-order valence-electron chi connectivity index (χ0n) is 65.5. The third kappa shape index (κ3) is 73.0. The van der Waals surface area contributed by atoms with E-state index < -0.39 is 97.5 Å². The number of rotatable bonds is 80. The van der Waals surface area contributed by atoms with Crippen LogP contribution in [0.5, 0.6) is 0 Å². The number of ether oxygens (including phenoxy) is 4. The molecule has 17 nitrogen and oxygen atoms in total. The molecular formula is C81H158O17P2. The van der Waals surface area contributed by atoms with Gasteiger partial charge in [0.2, 0.25) is 0 Å². The summed E-state index contributed by atoms with van der Waals surface area (Å²) >= 11 is 0. The topological polar surface area (TPSA) is 237 Å². The van der Waals surface area contributed by atoms with Crippen LogP contribution in [0.15, 0.2) is 0 Å². The SMILES string of the molecule is CCCCCCCCCCCCCCCCCCCCCCCC(=O)O[C@H](COC(=O)CCCCCCCCCCCCCCC(C)C)COP(=O)(O)OC[C@@H](O)COP(=O)(O)OC[C@@H](COC(=O)CCCCCCCCC(C)CC)OC(=O)CCCCCCCCCCCCCCCC. The summed E-state index contributed by atoms with van der Waals surface area (Å²) in [5.41, 5.74) is 0. The molecule has 0 aromatic heterocycles. The first kappa shape index (κ1) is 98.1.